The molecule has 2 rings (SSSR count). The fraction of sp³-hybridized carbons (Fsp3) is 0.786. The molecule has 6 nitrogen and oxygen atoms in total. The van der Waals surface area contributed by atoms with Crippen LogP contribution in [-0.4, -0.2) is 55.1 Å². The van der Waals surface area contributed by atoms with E-state index < -0.39 is 0 Å². The smallest absolute Gasteiger partial charge is 0.161 e. The summed E-state index contributed by atoms with van der Waals surface area (Å²) in [5, 5.41) is 4.41. The minimum absolute atomic E-state index is 0.0976. The lowest BCUT2D eigenvalue weighted by molar-refractivity contribution is 0.118. The summed E-state index contributed by atoms with van der Waals surface area (Å²) in [4.78, 5) is 2.13. The van der Waals surface area contributed by atoms with Gasteiger partial charge < -0.3 is 20.1 Å². The maximum atomic E-state index is 6.46. The molecule has 114 valence electrons. The van der Waals surface area contributed by atoms with Gasteiger partial charge in [-0.3, -0.25) is 4.68 Å². The Balaban J connectivity index is 2.16. The fourth-order valence-corrected chi connectivity index (χ4v) is 2.67. The molecule has 1 aromatic rings. The number of hydrogen-bond donors (Lipinski definition) is 1. The van der Waals surface area contributed by atoms with Crippen molar-refractivity contribution in [3.8, 4) is 5.75 Å². The second kappa shape index (κ2) is 6.56. The van der Waals surface area contributed by atoms with Gasteiger partial charge in [0.1, 0.15) is 0 Å². The quantitative estimate of drug-likeness (QED) is 0.839. The normalized spacial score (nSPS) is 24.3. The topological polar surface area (TPSA) is 65.5 Å². The zero-order valence-corrected chi connectivity index (χ0v) is 12.9. The largest absolute Gasteiger partial charge is 0.493 e. The van der Waals surface area contributed by atoms with Crippen molar-refractivity contribution in [1.82, 2.24) is 14.7 Å². The van der Waals surface area contributed by atoms with E-state index in [-0.39, 0.29) is 12.1 Å². The van der Waals surface area contributed by atoms with E-state index in [1.165, 1.54) is 0 Å². The molecule has 0 radical (unpaired) electrons. The van der Waals surface area contributed by atoms with Crippen LogP contribution in [0.5, 0.6) is 5.75 Å². The second-order valence-electron chi connectivity index (χ2n) is 5.79. The molecule has 0 saturated carbocycles. The zero-order chi connectivity index (χ0) is 14.7. The first kappa shape index (κ1) is 15.3. The van der Waals surface area contributed by atoms with E-state index in [9.17, 15) is 0 Å². The predicted molar refractivity (Wildman–Crippen MR) is 77.8 cm³/mol. The van der Waals surface area contributed by atoms with E-state index in [1.807, 2.05) is 18.8 Å². The van der Waals surface area contributed by atoms with Gasteiger partial charge in [0.05, 0.1) is 44.3 Å². The van der Waals surface area contributed by atoms with Crippen molar-refractivity contribution in [2.24, 2.45) is 11.7 Å². The SMILES string of the molecule is COc1cnn(CCN(C)C)c1C(N)C1COC(C)C1. The summed E-state index contributed by atoms with van der Waals surface area (Å²) in [5.41, 5.74) is 7.44. The molecular weight excluding hydrogens is 256 g/mol. The molecule has 0 amide bonds. The molecule has 20 heavy (non-hydrogen) atoms. The van der Waals surface area contributed by atoms with E-state index in [0.29, 0.717) is 12.5 Å². The van der Waals surface area contributed by atoms with E-state index in [4.69, 9.17) is 15.2 Å². The molecule has 1 aromatic heterocycles. The van der Waals surface area contributed by atoms with Crippen LogP contribution in [0.3, 0.4) is 0 Å². The van der Waals surface area contributed by atoms with E-state index in [1.54, 1.807) is 13.3 Å². The van der Waals surface area contributed by atoms with Gasteiger partial charge >= 0.3 is 0 Å². The first-order valence-corrected chi connectivity index (χ1v) is 7.14. The van der Waals surface area contributed by atoms with Crippen LogP contribution in [0.15, 0.2) is 6.20 Å². The molecule has 1 aliphatic heterocycles. The standard InChI is InChI=1S/C14H26N4O2/c1-10-7-11(9-20-10)13(15)14-12(19-4)8-16-18(14)6-5-17(2)3/h8,10-11,13H,5-7,9,15H2,1-4H3. The predicted octanol–water partition coefficient (Wildman–Crippen LogP) is 0.878. The Hall–Kier alpha value is -1.11. The number of rotatable bonds is 6. The lowest BCUT2D eigenvalue weighted by Crippen LogP contribution is -2.27. The van der Waals surface area contributed by atoms with Crippen LogP contribution in [0.25, 0.3) is 0 Å². The van der Waals surface area contributed by atoms with Gasteiger partial charge in [-0.05, 0) is 27.4 Å². The van der Waals surface area contributed by atoms with Gasteiger partial charge in [-0.15, -0.1) is 0 Å². The van der Waals surface area contributed by atoms with Gasteiger partial charge in [0, 0.05) is 12.5 Å². The van der Waals surface area contributed by atoms with E-state index in [0.717, 1.165) is 31.0 Å². The number of likely N-dealkylation sites (N-methyl/N-ethyl adjacent to an activating group) is 1. The number of nitrogens with two attached hydrogens (primary N) is 1. The number of aromatic nitrogens is 2. The van der Waals surface area contributed by atoms with E-state index >= 15 is 0 Å². The van der Waals surface area contributed by atoms with Crippen molar-refractivity contribution in [2.45, 2.75) is 32.0 Å². The van der Waals surface area contributed by atoms with Crippen LogP contribution in [-0.2, 0) is 11.3 Å². The molecule has 0 aliphatic carbocycles. The summed E-state index contributed by atoms with van der Waals surface area (Å²) in [6, 6.07) is -0.0976. The van der Waals surface area contributed by atoms with Crippen LogP contribution in [0.2, 0.25) is 0 Å². The molecule has 0 bridgehead atoms. The molecule has 1 fully saturated rings. The Bertz CT molecular complexity index is 433. The molecule has 6 heteroatoms. The van der Waals surface area contributed by atoms with Crippen LogP contribution in [0.1, 0.15) is 25.1 Å². The van der Waals surface area contributed by atoms with Gasteiger partial charge in [0.2, 0.25) is 0 Å². The van der Waals surface area contributed by atoms with Crippen molar-refractivity contribution in [1.29, 1.82) is 0 Å². The Kier molecular flexibility index (Phi) is 5.01. The van der Waals surface area contributed by atoms with Gasteiger partial charge in [0.25, 0.3) is 0 Å². The number of nitrogens with zero attached hydrogens (tertiary/aromatic N) is 3. The highest BCUT2D eigenvalue weighted by Crippen LogP contribution is 2.34. The Morgan fingerprint density at radius 2 is 2.35 bits per heavy atom. The van der Waals surface area contributed by atoms with Crippen LogP contribution >= 0.6 is 0 Å². The van der Waals surface area contributed by atoms with Crippen molar-refractivity contribution in [3.05, 3.63) is 11.9 Å². The molecule has 2 N–H and O–H groups in total. The Labute approximate surface area is 120 Å². The molecule has 0 aromatic carbocycles. The minimum atomic E-state index is -0.0976. The number of hydrogen-bond acceptors (Lipinski definition) is 5. The summed E-state index contributed by atoms with van der Waals surface area (Å²) in [5.74, 6) is 1.10. The lowest BCUT2D eigenvalue weighted by Gasteiger charge is -2.21. The summed E-state index contributed by atoms with van der Waals surface area (Å²) in [7, 11) is 5.76. The van der Waals surface area contributed by atoms with Crippen molar-refractivity contribution >= 4 is 0 Å². The average Bonchev–Trinajstić information content (AvgIpc) is 3.01. The van der Waals surface area contributed by atoms with Gasteiger partial charge in [-0.2, -0.15) is 5.10 Å². The third kappa shape index (κ3) is 3.31. The second-order valence-corrected chi connectivity index (χ2v) is 5.79. The van der Waals surface area contributed by atoms with Gasteiger partial charge in [-0.25, -0.2) is 0 Å². The first-order valence-electron chi connectivity index (χ1n) is 7.14. The summed E-state index contributed by atoms with van der Waals surface area (Å²) in [6.45, 7) is 4.53. The fourth-order valence-electron chi connectivity index (χ4n) is 2.67. The number of methoxy groups -OCH3 is 1. The van der Waals surface area contributed by atoms with Crippen molar-refractivity contribution in [2.75, 3.05) is 34.4 Å². The molecule has 3 atom stereocenters. The summed E-state index contributed by atoms with van der Waals surface area (Å²) in [6.07, 6.45) is 3.03. The highest BCUT2D eigenvalue weighted by atomic mass is 16.5. The molecular formula is C14H26N4O2. The van der Waals surface area contributed by atoms with Crippen molar-refractivity contribution in [3.63, 3.8) is 0 Å². The van der Waals surface area contributed by atoms with Gasteiger partial charge in [0.15, 0.2) is 5.75 Å². The average molecular weight is 282 g/mol. The summed E-state index contributed by atoms with van der Waals surface area (Å²) >= 11 is 0. The lowest BCUT2D eigenvalue weighted by atomic mass is 9.95. The maximum absolute atomic E-state index is 6.46. The molecule has 0 spiro atoms. The third-order valence-electron chi connectivity index (χ3n) is 3.88. The highest BCUT2D eigenvalue weighted by Gasteiger charge is 2.32. The summed E-state index contributed by atoms with van der Waals surface area (Å²) < 4.78 is 13.0. The molecule has 1 aliphatic rings. The Morgan fingerprint density at radius 1 is 1.60 bits per heavy atom. The monoisotopic (exact) mass is 282 g/mol. The Morgan fingerprint density at radius 3 is 2.90 bits per heavy atom. The number of ether oxygens (including phenoxy) is 2. The first-order chi connectivity index (χ1) is 9.52. The van der Waals surface area contributed by atoms with E-state index in [2.05, 4.69) is 16.9 Å². The molecule has 2 heterocycles. The highest BCUT2D eigenvalue weighted by molar-refractivity contribution is 5.29. The van der Waals surface area contributed by atoms with Crippen molar-refractivity contribution < 1.29 is 9.47 Å². The minimum Gasteiger partial charge on any atom is -0.493 e. The van der Waals surface area contributed by atoms with Crippen LogP contribution in [0, 0.1) is 5.92 Å². The maximum Gasteiger partial charge on any atom is 0.161 e. The molecule has 1 saturated heterocycles. The third-order valence-corrected chi connectivity index (χ3v) is 3.88. The van der Waals surface area contributed by atoms with Crippen LogP contribution < -0.4 is 10.5 Å². The van der Waals surface area contributed by atoms with Gasteiger partial charge in [-0.1, -0.05) is 0 Å². The van der Waals surface area contributed by atoms with Crippen LogP contribution in [0.4, 0.5) is 0 Å². The molecule has 3 unspecified atom stereocenters. The zero-order valence-electron chi connectivity index (χ0n) is 12.9.